The molecule has 0 aliphatic carbocycles. The molecule has 0 aromatic heterocycles. The molecule has 1 N–H and O–H groups in total. The van der Waals surface area contributed by atoms with E-state index in [0.717, 1.165) is 6.26 Å². The number of aliphatic hydroxyl groups excluding tert-OH is 1. The van der Waals surface area contributed by atoms with Gasteiger partial charge in [-0.05, 0) is 6.92 Å². The molecule has 0 aromatic rings. The summed E-state index contributed by atoms with van der Waals surface area (Å²) in [6, 6.07) is 0. The van der Waals surface area contributed by atoms with E-state index in [1.165, 1.54) is 0 Å². The van der Waals surface area contributed by atoms with Crippen LogP contribution in [0.2, 0.25) is 0 Å². The highest BCUT2D eigenvalue weighted by atomic mass is 16.2. The minimum atomic E-state index is 1.00. The van der Waals surface area contributed by atoms with Gasteiger partial charge in [0.05, 0.1) is 6.26 Å². The summed E-state index contributed by atoms with van der Waals surface area (Å²) in [5.41, 5.74) is 0. The van der Waals surface area contributed by atoms with Crippen LogP contribution in [-0.2, 0) is 0 Å². The summed E-state index contributed by atoms with van der Waals surface area (Å²) in [6.45, 7) is 1.75. The van der Waals surface area contributed by atoms with Crippen molar-refractivity contribution in [3.63, 3.8) is 0 Å². The normalized spacial score (nSPS) is 9.25. The van der Waals surface area contributed by atoms with E-state index in [0.29, 0.717) is 0 Å². The van der Waals surface area contributed by atoms with Gasteiger partial charge in [0.15, 0.2) is 0 Å². The molecule has 0 bridgehead atoms. The van der Waals surface area contributed by atoms with Crippen LogP contribution >= 0.6 is 0 Å². The lowest BCUT2D eigenvalue weighted by Crippen LogP contribution is -1.36. The number of rotatable bonds is 0. The third-order valence-corrected chi connectivity index (χ3v) is 0.149. The van der Waals surface area contributed by atoms with Crippen molar-refractivity contribution in [1.82, 2.24) is 0 Å². The van der Waals surface area contributed by atoms with Crippen LogP contribution in [0, 0.1) is 0 Å². The number of allylic oxidation sites excluding steroid dienone is 1. The largest absolute Gasteiger partial charge is 0.516 e. The lowest BCUT2D eigenvalue weighted by molar-refractivity contribution is 0.472. The van der Waals surface area contributed by atoms with Crippen LogP contribution in [0.15, 0.2) is 12.3 Å². The Kier molecular flexibility index (Phi) is 2.25. The average molecular weight is 58.1 g/mol. The average Bonchev–Trinajstić information content (AvgIpc) is 1.37. The molecule has 0 unspecified atom stereocenters. The van der Waals surface area contributed by atoms with Crippen molar-refractivity contribution >= 4 is 0 Å². The topological polar surface area (TPSA) is 20.2 Å². The molecule has 0 saturated heterocycles. The SMILES string of the molecule is C/C=C/O. The van der Waals surface area contributed by atoms with E-state index >= 15 is 0 Å². The molecule has 0 amide bonds. The monoisotopic (exact) mass is 58.0 g/mol. The minimum absolute atomic E-state index is 1.00. The van der Waals surface area contributed by atoms with E-state index in [4.69, 9.17) is 5.11 Å². The quantitative estimate of drug-likeness (QED) is 0.413. The van der Waals surface area contributed by atoms with Gasteiger partial charge in [0.2, 0.25) is 0 Å². The van der Waals surface area contributed by atoms with Crippen LogP contribution in [-0.4, -0.2) is 5.11 Å². The Morgan fingerprint density at radius 1 is 1.75 bits per heavy atom. The van der Waals surface area contributed by atoms with Crippen LogP contribution in [0.1, 0.15) is 6.92 Å². The van der Waals surface area contributed by atoms with Crippen molar-refractivity contribution in [3.8, 4) is 0 Å². The fourth-order valence-electron chi connectivity index (χ4n) is 0. The molecule has 0 aliphatic heterocycles. The van der Waals surface area contributed by atoms with Gasteiger partial charge in [-0.25, -0.2) is 0 Å². The third kappa shape index (κ3) is 1.54. The molecule has 0 rings (SSSR count). The summed E-state index contributed by atoms with van der Waals surface area (Å²) >= 11 is 0. The van der Waals surface area contributed by atoms with Crippen LogP contribution in [0.25, 0.3) is 0 Å². The zero-order chi connectivity index (χ0) is 3.41. The predicted octanol–water partition coefficient (Wildman–Crippen LogP) is 1.08. The standard InChI is InChI=1S/C3H6O/c1-2-3-4/h2-4H,1H3/b3-2+. The van der Waals surface area contributed by atoms with Crippen LogP contribution in [0.3, 0.4) is 0 Å². The van der Waals surface area contributed by atoms with Crippen molar-refractivity contribution in [1.29, 1.82) is 0 Å². The molecule has 0 heterocycles. The summed E-state index contributed by atoms with van der Waals surface area (Å²) in [5, 5.41) is 7.69. The number of hydrogen-bond acceptors (Lipinski definition) is 1. The Balaban J connectivity index is 2.55. The fraction of sp³-hybridized carbons (Fsp3) is 0.333. The van der Waals surface area contributed by atoms with Crippen LogP contribution in [0.4, 0.5) is 0 Å². The van der Waals surface area contributed by atoms with E-state index < -0.39 is 0 Å². The predicted molar refractivity (Wildman–Crippen MR) is 17.4 cm³/mol. The highest BCUT2D eigenvalue weighted by molar-refractivity contribution is 4.60. The molecule has 0 fully saturated rings. The van der Waals surface area contributed by atoms with Crippen LogP contribution in [0.5, 0.6) is 0 Å². The van der Waals surface area contributed by atoms with E-state index in [1.54, 1.807) is 13.0 Å². The molecule has 1 heteroatoms. The summed E-state index contributed by atoms with van der Waals surface area (Å²) in [4.78, 5) is 0. The summed E-state index contributed by atoms with van der Waals surface area (Å²) in [5.74, 6) is 0. The first-order chi connectivity index (χ1) is 1.91. The van der Waals surface area contributed by atoms with Crippen LogP contribution < -0.4 is 0 Å². The number of aliphatic hydroxyl groups is 1. The zero-order valence-corrected chi connectivity index (χ0v) is 2.60. The molecule has 0 aliphatic rings. The second-order valence-electron chi connectivity index (χ2n) is 0.482. The highest BCUT2D eigenvalue weighted by Crippen LogP contribution is 1.51. The molecule has 1 nitrogen and oxygen atoms in total. The maximum atomic E-state index is 7.69. The lowest BCUT2D eigenvalue weighted by atomic mass is 10.8. The van der Waals surface area contributed by atoms with Crippen molar-refractivity contribution in [3.05, 3.63) is 12.3 Å². The first-order valence-electron chi connectivity index (χ1n) is 1.17. The van der Waals surface area contributed by atoms with Gasteiger partial charge in [-0.3, -0.25) is 0 Å². The van der Waals surface area contributed by atoms with E-state index in [9.17, 15) is 0 Å². The summed E-state index contributed by atoms with van der Waals surface area (Å²) in [7, 11) is 0. The van der Waals surface area contributed by atoms with Gasteiger partial charge in [0.25, 0.3) is 0 Å². The van der Waals surface area contributed by atoms with Crippen molar-refractivity contribution in [2.45, 2.75) is 6.92 Å². The van der Waals surface area contributed by atoms with Gasteiger partial charge in [-0.2, -0.15) is 0 Å². The zero-order valence-electron chi connectivity index (χ0n) is 2.60. The van der Waals surface area contributed by atoms with E-state index in [-0.39, 0.29) is 0 Å². The second kappa shape index (κ2) is 2.54. The van der Waals surface area contributed by atoms with Gasteiger partial charge in [-0.1, -0.05) is 6.08 Å². The Labute approximate surface area is 25.6 Å². The highest BCUT2D eigenvalue weighted by Gasteiger charge is 1.35. The van der Waals surface area contributed by atoms with E-state index in [2.05, 4.69) is 0 Å². The Morgan fingerprint density at radius 2 is 2.00 bits per heavy atom. The first-order valence-corrected chi connectivity index (χ1v) is 1.17. The molecule has 0 saturated carbocycles. The molecule has 0 radical (unpaired) electrons. The lowest BCUT2D eigenvalue weighted by Gasteiger charge is -1.53. The summed E-state index contributed by atoms with van der Waals surface area (Å²) in [6.07, 6.45) is 2.56. The molecule has 24 valence electrons. The van der Waals surface area contributed by atoms with Gasteiger partial charge in [0, 0.05) is 0 Å². The molecular weight excluding hydrogens is 52.0 g/mol. The van der Waals surface area contributed by atoms with Gasteiger partial charge in [-0.15, -0.1) is 0 Å². The fourth-order valence-corrected chi connectivity index (χ4v) is 0. The molecule has 0 atom stereocenters. The third-order valence-electron chi connectivity index (χ3n) is 0.149. The molecule has 0 aromatic carbocycles. The number of hydrogen-bond donors (Lipinski definition) is 1. The van der Waals surface area contributed by atoms with Crippen molar-refractivity contribution < 1.29 is 5.11 Å². The maximum absolute atomic E-state index is 7.69. The smallest absolute Gasteiger partial charge is 0.0748 e. The first kappa shape index (κ1) is 3.54. The van der Waals surface area contributed by atoms with Gasteiger partial charge >= 0.3 is 0 Å². The minimum Gasteiger partial charge on any atom is -0.516 e. The van der Waals surface area contributed by atoms with Crippen molar-refractivity contribution in [2.75, 3.05) is 0 Å². The second-order valence-corrected chi connectivity index (χ2v) is 0.482. The molecular formula is C3H6O. The Hall–Kier alpha value is -0.460. The molecule has 4 heavy (non-hydrogen) atoms. The van der Waals surface area contributed by atoms with Gasteiger partial charge in [0.1, 0.15) is 0 Å². The molecule has 0 spiro atoms. The van der Waals surface area contributed by atoms with E-state index in [1.807, 2.05) is 0 Å². The maximum Gasteiger partial charge on any atom is 0.0748 e. The van der Waals surface area contributed by atoms with Crippen molar-refractivity contribution in [2.24, 2.45) is 0 Å². The van der Waals surface area contributed by atoms with Gasteiger partial charge < -0.3 is 5.11 Å². The Morgan fingerprint density at radius 3 is 2.00 bits per heavy atom. The Bertz CT molecular complexity index is 18.5. The summed E-state index contributed by atoms with van der Waals surface area (Å²) < 4.78 is 0.